The average molecular weight is 274 g/mol. The molecular weight excluding hydrogens is 254 g/mol. The Kier molecular flexibility index (Phi) is 6.76. The number of halogens is 1. The van der Waals surface area contributed by atoms with E-state index in [9.17, 15) is 8.42 Å². The topological polar surface area (TPSA) is 84.7 Å². The molecule has 1 heterocycles. The van der Waals surface area contributed by atoms with E-state index in [-0.39, 0.29) is 31.1 Å². The van der Waals surface area contributed by atoms with E-state index in [1.54, 1.807) is 0 Å². The van der Waals surface area contributed by atoms with Crippen molar-refractivity contribution in [2.75, 3.05) is 26.2 Å². The molecule has 0 amide bonds. The summed E-state index contributed by atoms with van der Waals surface area (Å²) in [6.07, 6.45) is -0.0596. The molecule has 8 heteroatoms. The normalized spacial score (nSPS) is 27.4. The van der Waals surface area contributed by atoms with Crippen molar-refractivity contribution in [2.24, 2.45) is 5.73 Å². The third-order valence-corrected chi connectivity index (χ3v) is 3.98. The first-order valence-corrected chi connectivity index (χ1v) is 6.49. The number of morpholine rings is 1. The van der Waals surface area contributed by atoms with Gasteiger partial charge in [0.15, 0.2) is 0 Å². The fraction of sp³-hybridized carbons (Fsp3) is 1.00. The second-order valence-corrected chi connectivity index (χ2v) is 5.46. The third kappa shape index (κ3) is 4.15. The minimum atomic E-state index is -3.40. The SMILES string of the molecule is CC1CN(S(=O)(=O)NCCN)C(C)CO1.Cl. The van der Waals surface area contributed by atoms with E-state index in [1.165, 1.54) is 4.31 Å². The summed E-state index contributed by atoms with van der Waals surface area (Å²) in [6.45, 7) is 5.07. The first kappa shape index (κ1) is 16.1. The number of ether oxygens (including phenoxy) is 1. The number of nitrogens with zero attached hydrogens (tertiary/aromatic N) is 1. The molecule has 0 radical (unpaired) electrons. The molecule has 1 rings (SSSR count). The summed E-state index contributed by atoms with van der Waals surface area (Å²) in [5.41, 5.74) is 5.26. The summed E-state index contributed by atoms with van der Waals surface area (Å²) in [6, 6.07) is -0.128. The number of nitrogens with two attached hydrogens (primary N) is 1. The zero-order valence-electron chi connectivity index (χ0n) is 9.55. The highest BCUT2D eigenvalue weighted by Gasteiger charge is 2.32. The molecule has 0 aromatic rings. The van der Waals surface area contributed by atoms with E-state index in [4.69, 9.17) is 10.5 Å². The van der Waals surface area contributed by atoms with E-state index >= 15 is 0 Å². The van der Waals surface area contributed by atoms with Crippen molar-refractivity contribution in [1.29, 1.82) is 0 Å². The van der Waals surface area contributed by atoms with Gasteiger partial charge in [-0.3, -0.25) is 0 Å². The summed E-state index contributed by atoms with van der Waals surface area (Å²) in [7, 11) is -3.40. The molecule has 6 nitrogen and oxygen atoms in total. The molecule has 0 spiro atoms. The monoisotopic (exact) mass is 273 g/mol. The highest BCUT2D eigenvalue weighted by Crippen LogP contribution is 2.14. The molecule has 3 N–H and O–H groups in total. The van der Waals surface area contributed by atoms with Crippen molar-refractivity contribution in [3.8, 4) is 0 Å². The smallest absolute Gasteiger partial charge is 0.279 e. The summed E-state index contributed by atoms with van der Waals surface area (Å²) in [5.74, 6) is 0. The Labute approximate surface area is 103 Å². The lowest BCUT2D eigenvalue weighted by atomic mass is 10.2. The van der Waals surface area contributed by atoms with Gasteiger partial charge in [-0.25, -0.2) is 4.72 Å². The van der Waals surface area contributed by atoms with Gasteiger partial charge in [-0.2, -0.15) is 12.7 Å². The van der Waals surface area contributed by atoms with Crippen molar-refractivity contribution in [3.05, 3.63) is 0 Å². The van der Waals surface area contributed by atoms with Crippen LogP contribution in [0.1, 0.15) is 13.8 Å². The average Bonchev–Trinajstić information content (AvgIpc) is 2.18. The van der Waals surface area contributed by atoms with Crippen LogP contribution in [-0.4, -0.2) is 51.1 Å². The van der Waals surface area contributed by atoms with Crippen LogP contribution in [0.4, 0.5) is 0 Å². The Morgan fingerprint density at radius 2 is 2.12 bits per heavy atom. The fourth-order valence-corrected chi connectivity index (χ4v) is 2.96. The van der Waals surface area contributed by atoms with Gasteiger partial charge in [-0.15, -0.1) is 12.4 Å². The number of hydrogen-bond acceptors (Lipinski definition) is 4. The standard InChI is InChI=1S/C8H19N3O3S.ClH/c1-7-6-14-8(2)5-11(7)15(12,13)10-4-3-9;/h7-8,10H,3-6,9H2,1-2H3;1H. The quantitative estimate of drug-likeness (QED) is 0.710. The van der Waals surface area contributed by atoms with Crippen LogP contribution in [0.15, 0.2) is 0 Å². The predicted octanol–water partition coefficient (Wildman–Crippen LogP) is -0.689. The van der Waals surface area contributed by atoms with Crippen LogP contribution in [0.25, 0.3) is 0 Å². The van der Waals surface area contributed by atoms with Crippen molar-refractivity contribution in [1.82, 2.24) is 9.03 Å². The van der Waals surface area contributed by atoms with Crippen molar-refractivity contribution >= 4 is 22.6 Å². The summed E-state index contributed by atoms with van der Waals surface area (Å²) >= 11 is 0. The van der Waals surface area contributed by atoms with Crippen LogP contribution in [0.2, 0.25) is 0 Å². The van der Waals surface area contributed by atoms with Gasteiger partial charge in [-0.05, 0) is 13.8 Å². The van der Waals surface area contributed by atoms with Crippen LogP contribution in [0, 0.1) is 0 Å². The minimum absolute atomic E-state index is 0. The molecule has 0 bridgehead atoms. The molecule has 16 heavy (non-hydrogen) atoms. The van der Waals surface area contributed by atoms with Crippen LogP contribution < -0.4 is 10.5 Å². The molecule has 2 unspecified atom stereocenters. The maximum Gasteiger partial charge on any atom is 0.279 e. The summed E-state index contributed by atoms with van der Waals surface area (Å²) in [5, 5.41) is 0. The zero-order valence-corrected chi connectivity index (χ0v) is 11.2. The second kappa shape index (κ2) is 6.73. The third-order valence-electron chi connectivity index (χ3n) is 2.29. The van der Waals surface area contributed by atoms with Crippen molar-refractivity contribution < 1.29 is 13.2 Å². The second-order valence-electron chi connectivity index (χ2n) is 3.75. The van der Waals surface area contributed by atoms with E-state index in [0.717, 1.165) is 0 Å². The van der Waals surface area contributed by atoms with Crippen LogP contribution in [-0.2, 0) is 14.9 Å². The molecule has 1 saturated heterocycles. The van der Waals surface area contributed by atoms with E-state index < -0.39 is 10.2 Å². The lowest BCUT2D eigenvalue weighted by Crippen LogP contribution is -2.54. The largest absolute Gasteiger partial charge is 0.375 e. The first-order chi connectivity index (χ1) is 6.97. The molecule has 98 valence electrons. The number of rotatable bonds is 4. The molecular formula is C8H20ClN3O3S. The molecule has 0 aromatic carbocycles. The molecule has 0 saturated carbocycles. The van der Waals surface area contributed by atoms with Crippen molar-refractivity contribution in [2.45, 2.75) is 26.0 Å². The first-order valence-electron chi connectivity index (χ1n) is 5.05. The molecule has 0 aliphatic carbocycles. The Balaban J connectivity index is 0.00000225. The maximum absolute atomic E-state index is 11.8. The van der Waals surface area contributed by atoms with Crippen molar-refractivity contribution in [3.63, 3.8) is 0 Å². The Morgan fingerprint density at radius 1 is 1.50 bits per heavy atom. The van der Waals surface area contributed by atoms with Gasteiger partial charge in [0.05, 0.1) is 12.7 Å². The molecule has 2 atom stereocenters. The van der Waals surface area contributed by atoms with Gasteiger partial charge in [0.1, 0.15) is 0 Å². The highest BCUT2D eigenvalue weighted by molar-refractivity contribution is 7.87. The predicted molar refractivity (Wildman–Crippen MR) is 64.8 cm³/mol. The Bertz CT molecular complexity index is 299. The van der Waals surface area contributed by atoms with E-state index in [2.05, 4.69) is 4.72 Å². The van der Waals surface area contributed by atoms with Gasteiger partial charge in [0.25, 0.3) is 10.2 Å². The van der Waals surface area contributed by atoms with Crippen LogP contribution in [0.5, 0.6) is 0 Å². The fourth-order valence-electron chi connectivity index (χ4n) is 1.48. The van der Waals surface area contributed by atoms with E-state index in [0.29, 0.717) is 19.7 Å². The zero-order chi connectivity index (χ0) is 11.5. The minimum Gasteiger partial charge on any atom is -0.375 e. The summed E-state index contributed by atoms with van der Waals surface area (Å²) in [4.78, 5) is 0. The van der Waals surface area contributed by atoms with Gasteiger partial charge < -0.3 is 10.5 Å². The highest BCUT2D eigenvalue weighted by atomic mass is 35.5. The van der Waals surface area contributed by atoms with Gasteiger partial charge in [0.2, 0.25) is 0 Å². The Hall–Kier alpha value is 0.0800. The molecule has 1 fully saturated rings. The lowest BCUT2D eigenvalue weighted by molar-refractivity contribution is -0.0174. The van der Waals surface area contributed by atoms with Crippen LogP contribution in [0.3, 0.4) is 0 Å². The van der Waals surface area contributed by atoms with Gasteiger partial charge in [-0.1, -0.05) is 0 Å². The van der Waals surface area contributed by atoms with Gasteiger partial charge in [0, 0.05) is 25.7 Å². The molecule has 1 aliphatic heterocycles. The van der Waals surface area contributed by atoms with Crippen LogP contribution >= 0.6 is 12.4 Å². The lowest BCUT2D eigenvalue weighted by Gasteiger charge is -2.35. The molecule has 0 aromatic heterocycles. The van der Waals surface area contributed by atoms with E-state index in [1.807, 2.05) is 13.8 Å². The number of hydrogen-bond donors (Lipinski definition) is 2. The van der Waals surface area contributed by atoms with Gasteiger partial charge >= 0.3 is 0 Å². The Morgan fingerprint density at radius 3 is 2.69 bits per heavy atom. The summed E-state index contributed by atoms with van der Waals surface area (Å²) < 4.78 is 32.8. The maximum atomic E-state index is 11.8. The number of nitrogens with one attached hydrogen (secondary N) is 1. The molecule has 1 aliphatic rings.